The third-order valence-electron chi connectivity index (χ3n) is 2.01. The molecular weight excluding hydrogens is 250 g/mol. The van der Waals surface area contributed by atoms with Crippen molar-refractivity contribution in [2.45, 2.75) is 30.4 Å². The molecule has 1 amide bonds. The summed E-state index contributed by atoms with van der Waals surface area (Å²) in [6.07, 6.45) is 2.04. The third-order valence-corrected chi connectivity index (χ3v) is 4.03. The highest BCUT2D eigenvalue weighted by Crippen LogP contribution is 2.23. The first-order valence-corrected chi connectivity index (χ1v) is 7.69. The molecule has 0 atom stereocenters. The van der Waals surface area contributed by atoms with E-state index in [9.17, 15) is 4.79 Å². The lowest BCUT2D eigenvalue weighted by atomic mass is 10.3. The van der Waals surface area contributed by atoms with Gasteiger partial charge < -0.3 is 5.32 Å². The van der Waals surface area contributed by atoms with Gasteiger partial charge in [0.15, 0.2) is 0 Å². The van der Waals surface area contributed by atoms with Crippen LogP contribution in [0.15, 0.2) is 29.2 Å². The molecule has 0 unspecified atom stereocenters. The van der Waals surface area contributed by atoms with Crippen molar-refractivity contribution in [3.63, 3.8) is 0 Å². The number of thioether (sulfide) groups is 2. The average Bonchev–Trinajstić information content (AvgIpc) is 2.27. The number of amides is 1. The Kier molecular flexibility index (Phi) is 5.40. The van der Waals surface area contributed by atoms with E-state index in [1.807, 2.05) is 30.5 Å². The van der Waals surface area contributed by atoms with Gasteiger partial charge >= 0.3 is 0 Å². The Balaban J connectivity index is 2.45. The summed E-state index contributed by atoms with van der Waals surface area (Å²) in [5, 5.41) is 2.90. The number of carbonyl (C=O) groups excluding carboxylic acids is 1. The first-order valence-electron chi connectivity index (χ1n) is 5.48. The van der Waals surface area contributed by atoms with Crippen LogP contribution in [0.1, 0.15) is 20.8 Å². The molecule has 1 rings (SSSR count). The molecule has 0 spiro atoms. The summed E-state index contributed by atoms with van der Waals surface area (Å²) >= 11 is 3.35. The number of hydrogen-bond donors (Lipinski definition) is 1. The standard InChI is InChI=1S/C13H19NOS2/c1-13(2,3)17-9-12(15)14-10-5-7-11(16-4)8-6-10/h5-8H,9H2,1-4H3,(H,14,15). The highest BCUT2D eigenvalue weighted by atomic mass is 32.2. The summed E-state index contributed by atoms with van der Waals surface area (Å²) in [7, 11) is 0. The predicted octanol–water partition coefficient (Wildman–Crippen LogP) is 3.88. The fourth-order valence-electron chi connectivity index (χ4n) is 1.15. The molecule has 0 aliphatic rings. The molecule has 0 saturated heterocycles. The van der Waals surface area contributed by atoms with Crippen LogP contribution in [0.5, 0.6) is 0 Å². The molecule has 0 aliphatic carbocycles. The number of anilines is 1. The van der Waals surface area contributed by atoms with Crippen molar-refractivity contribution in [2.24, 2.45) is 0 Å². The van der Waals surface area contributed by atoms with Crippen molar-refractivity contribution in [3.8, 4) is 0 Å². The van der Waals surface area contributed by atoms with Gasteiger partial charge in [0.2, 0.25) is 5.91 Å². The van der Waals surface area contributed by atoms with Gasteiger partial charge in [-0.25, -0.2) is 0 Å². The molecule has 0 fully saturated rings. The number of rotatable bonds is 4. The maximum absolute atomic E-state index is 11.7. The van der Waals surface area contributed by atoms with Crippen LogP contribution in [-0.2, 0) is 4.79 Å². The van der Waals surface area contributed by atoms with Gasteiger partial charge in [-0.2, -0.15) is 0 Å². The lowest BCUT2D eigenvalue weighted by Gasteiger charge is -2.17. The van der Waals surface area contributed by atoms with Crippen LogP contribution >= 0.6 is 23.5 Å². The van der Waals surface area contributed by atoms with Gasteiger partial charge in [0, 0.05) is 15.3 Å². The molecular formula is C13H19NOS2. The Morgan fingerprint density at radius 1 is 1.24 bits per heavy atom. The lowest BCUT2D eigenvalue weighted by molar-refractivity contribution is -0.113. The van der Waals surface area contributed by atoms with Crippen LogP contribution in [-0.4, -0.2) is 22.7 Å². The fraction of sp³-hybridized carbons (Fsp3) is 0.462. The molecule has 0 radical (unpaired) electrons. The second kappa shape index (κ2) is 6.36. The van der Waals surface area contributed by atoms with Crippen LogP contribution in [0.2, 0.25) is 0 Å². The molecule has 0 bridgehead atoms. The Bertz CT molecular complexity index is 368. The van der Waals surface area contributed by atoms with Gasteiger partial charge in [-0.3, -0.25) is 4.79 Å². The predicted molar refractivity (Wildman–Crippen MR) is 79.1 cm³/mol. The summed E-state index contributed by atoms with van der Waals surface area (Å²) < 4.78 is 0.125. The van der Waals surface area contributed by atoms with E-state index in [1.165, 1.54) is 4.90 Å². The van der Waals surface area contributed by atoms with Crippen molar-refractivity contribution < 1.29 is 4.79 Å². The van der Waals surface area contributed by atoms with E-state index in [4.69, 9.17) is 0 Å². The number of benzene rings is 1. The SMILES string of the molecule is CSc1ccc(NC(=O)CSC(C)(C)C)cc1. The molecule has 0 saturated carbocycles. The van der Waals surface area contributed by atoms with E-state index in [1.54, 1.807) is 23.5 Å². The molecule has 1 aromatic carbocycles. The normalized spacial score (nSPS) is 11.3. The van der Waals surface area contributed by atoms with E-state index in [0.717, 1.165) is 5.69 Å². The quantitative estimate of drug-likeness (QED) is 0.841. The largest absolute Gasteiger partial charge is 0.325 e. The maximum Gasteiger partial charge on any atom is 0.234 e. The van der Waals surface area contributed by atoms with E-state index in [0.29, 0.717) is 5.75 Å². The third kappa shape index (κ3) is 6.03. The van der Waals surface area contributed by atoms with Crippen molar-refractivity contribution in [3.05, 3.63) is 24.3 Å². The molecule has 1 aromatic rings. The smallest absolute Gasteiger partial charge is 0.234 e. The highest BCUT2D eigenvalue weighted by Gasteiger charge is 2.13. The van der Waals surface area contributed by atoms with E-state index in [2.05, 4.69) is 26.1 Å². The molecule has 94 valence electrons. The maximum atomic E-state index is 11.7. The zero-order chi connectivity index (χ0) is 12.9. The first-order chi connectivity index (χ1) is 7.90. The van der Waals surface area contributed by atoms with Crippen molar-refractivity contribution >= 4 is 35.1 Å². The van der Waals surface area contributed by atoms with Gasteiger partial charge in [-0.1, -0.05) is 20.8 Å². The van der Waals surface area contributed by atoms with Crippen molar-refractivity contribution in [2.75, 3.05) is 17.3 Å². The van der Waals surface area contributed by atoms with Gasteiger partial charge in [0.25, 0.3) is 0 Å². The van der Waals surface area contributed by atoms with E-state index in [-0.39, 0.29) is 10.7 Å². The zero-order valence-corrected chi connectivity index (χ0v) is 12.4. The number of hydrogen-bond acceptors (Lipinski definition) is 3. The van der Waals surface area contributed by atoms with E-state index >= 15 is 0 Å². The van der Waals surface area contributed by atoms with Gasteiger partial charge in [0.05, 0.1) is 5.75 Å². The average molecular weight is 269 g/mol. The van der Waals surface area contributed by atoms with Gasteiger partial charge in [0.1, 0.15) is 0 Å². The minimum atomic E-state index is 0.0572. The topological polar surface area (TPSA) is 29.1 Å². The van der Waals surface area contributed by atoms with Crippen LogP contribution in [0, 0.1) is 0 Å². The highest BCUT2D eigenvalue weighted by molar-refractivity contribution is 8.01. The molecule has 17 heavy (non-hydrogen) atoms. The molecule has 0 aliphatic heterocycles. The van der Waals surface area contributed by atoms with Crippen LogP contribution in [0.25, 0.3) is 0 Å². The summed E-state index contributed by atoms with van der Waals surface area (Å²) in [4.78, 5) is 12.9. The second-order valence-electron chi connectivity index (χ2n) is 4.68. The summed E-state index contributed by atoms with van der Waals surface area (Å²) in [6.45, 7) is 6.33. The summed E-state index contributed by atoms with van der Waals surface area (Å²) in [6, 6.07) is 7.89. The van der Waals surface area contributed by atoms with Crippen molar-refractivity contribution in [1.82, 2.24) is 0 Å². The summed E-state index contributed by atoms with van der Waals surface area (Å²) in [5.41, 5.74) is 0.863. The lowest BCUT2D eigenvalue weighted by Crippen LogP contribution is -2.18. The van der Waals surface area contributed by atoms with Crippen LogP contribution in [0.4, 0.5) is 5.69 Å². The molecule has 2 nitrogen and oxygen atoms in total. The van der Waals surface area contributed by atoms with Crippen molar-refractivity contribution in [1.29, 1.82) is 0 Å². The Morgan fingerprint density at radius 3 is 2.29 bits per heavy atom. The molecule has 0 aromatic heterocycles. The van der Waals surface area contributed by atoms with Crippen LogP contribution in [0.3, 0.4) is 0 Å². The fourth-order valence-corrected chi connectivity index (χ4v) is 2.20. The molecule has 0 heterocycles. The zero-order valence-electron chi connectivity index (χ0n) is 10.7. The number of nitrogens with one attached hydrogen (secondary N) is 1. The number of carbonyl (C=O) groups is 1. The minimum Gasteiger partial charge on any atom is -0.325 e. The van der Waals surface area contributed by atoms with E-state index < -0.39 is 0 Å². The Morgan fingerprint density at radius 2 is 1.82 bits per heavy atom. The minimum absolute atomic E-state index is 0.0572. The van der Waals surface area contributed by atoms with Gasteiger partial charge in [-0.05, 0) is 30.5 Å². The Labute approximate surface area is 112 Å². The molecule has 1 N–H and O–H groups in total. The van der Waals surface area contributed by atoms with Crippen LogP contribution < -0.4 is 5.32 Å². The molecule has 4 heteroatoms. The van der Waals surface area contributed by atoms with Gasteiger partial charge in [-0.15, -0.1) is 23.5 Å². The second-order valence-corrected chi connectivity index (χ2v) is 7.36. The monoisotopic (exact) mass is 269 g/mol. The first kappa shape index (κ1) is 14.5. The Hall–Kier alpha value is -0.610. The summed E-state index contributed by atoms with van der Waals surface area (Å²) in [5.74, 6) is 0.551.